The Morgan fingerprint density at radius 2 is 1.89 bits per heavy atom. The maximum Gasteiger partial charge on any atom is 0.296 e. The van der Waals surface area contributed by atoms with Crippen LogP contribution in [-0.2, 0) is 23.9 Å². The summed E-state index contributed by atoms with van der Waals surface area (Å²) < 4.78 is 39.6. The van der Waals surface area contributed by atoms with Crippen molar-refractivity contribution >= 4 is 38.4 Å². The van der Waals surface area contributed by atoms with Crippen LogP contribution in [0.15, 0.2) is 34.7 Å². The maximum absolute atomic E-state index is 13.0. The van der Waals surface area contributed by atoms with E-state index in [0.717, 1.165) is 0 Å². The molecule has 1 aromatic carbocycles. The monoisotopic (exact) mass is 562 g/mol. The predicted octanol–water partition coefficient (Wildman–Crippen LogP) is 2.60. The van der Waals surface area contributed by atoms with E-state index >= 15 is 0 Å². The highest BCUT2D eigenvalue weighted by molar-refractivity contribution is 7.93. The molecule has 38 heavy (non-hydrogen) atoms. The Morgan fingerprint density at radius 1 is 1.16 bits per heavy atom. The largest absolute Gasteiger partial charge is 0.456 e. The molecule has 0 bridgehead atoms. The van der Waals surface area contributed by atoms with Gasteiger partial charge >= 0.3 is 0 Å². The maximum atomic E-state index is 13.0. The predicted molar refractivity (Wildman–Crippen MR) is 139 cm³/mol. The number of aromatic amines is 1. The Balaban J connectivity index is 1.20. The molecule has 0 saturated carbocycles. The number of hydrogen-bond donors (Lipinski definition) is 2. The van der Waals surface area contributed by atoms with Crippen molar-refractivity contribution in [2.45, 2.75) is 42.5 Å². The number of carbonyl (C=O) groups excluding carboxylic acids is 1. The van der Waals surface area contributed by atoms with Crippen molar-refractivity contribution in [3.63, 3.8) is 0 Å². The molecule has 2 N–H and O–H groups in total. The second-order valence-electron chi connectivity index (χ2n) is 9.70. The third-order valence-corrected chi connectivity index (χ3v) is 9.63. The van der Waals surface area contributed by atoms with Crippen molar-refractivity contribution in [2.75, 3.05) is 32.7 Å². The highest BCUT2D eigenvalue weighted by Crippen LogP contribution is 2.32. The minimum absolute atomic E-state index is 0.156. The number of amides is 1. The average molecular weight is 563 g/mol. The van der Waals surface area contributed by atoms with Crippen LogP contribution < -0.4 is 4.74 Å². The number of aliphatic hydroxyl groups excluding tert-OH is 1. The number of aromatic nitrogens is 3. The number of ether oxygens (including phenoxy) is 4. The first-order chi connectivity index (χ1) is 18.3. The van der Waals surface area contributed by atoms with Gasteiger partial charge in [0.15, 0.2) is 11.8 Å². The summed E-state index contributed by atoms with van der Waals surface area (Å²) in [6.45, 7) is 1.55. The second kappa shape index (κ2) is 10.2. The van der Waals surface area contributed by atoms with E-state index in [9.17, 15) is 14.1 Å². The molecule has 5 heterocycles. The van der Waals surface area contributed by atoms with Gasteiger partial charge in [0.05, 0.1) is 39.2 Å². The van der Waals surface area contributed by atoms with Crippen LogP contribution in [0.4, 0.5) is 0 Å². The smallest absolute Gasteiger partial charge is 0.296 e. The number of aliphatic hydroxyl groups is 1. The van der Waals surface area contributed by atoms with E-state index in [0.29, 0.717) is 59.1 Å². The van der Waals surface area contributed by atoms with Crippen molar-refractivity contribution in [1.82, 2.24) is 15.0 Å². The lowest BCUT2D eigenvalue weighted by molar-refractivity contribution is 0.00706. The lowest BCUT2D eigenvalue weighted by atomic mass is 10.1. The molecule has 5 atom stereocenters. The van der Waals surface area contributed by atoms with Crippen LogP contribution >= 0.6 is 11.6 Å². The minimum atomic E-state index is -2.68. The number of benzene rings is 1. The van der Waals surface area contributed by atoms with Crippen molar-refractivity contribution in [2.24, 2.45) is 4.36 Å². The topological polar surface area (TPSA) is 145 Å². The summed E-state index contributed by atoms with van der Waals surface area (Å²) in [6, 6.07) is 8.63. The number of fused-ring (bicyclic) bond motifs is 2. The molecule has 3 aliphatic heterocycles. The third kappa shape index (κ3) is 4.92. The Morgan fingerprint density at radius 3 is 2.66 bits per heavy atom. The van der Waals surface area contributed by atoms with E-state index in [1.54, 1.807) is 30.3 Å². The van der Waals surface area contributed by atoms with E-state index in [1.165, 1.54) is 6.26 Å². The summed E-state index contributed by atoms with van der Waals surface area (Å²) in [5.74, 6) is -0.518. The lowest BCUT2D eigenvalue weighted by Gasteiger charge is -2.22. The number of pyridine rings is 1. The molecule has 3 fully saturated rings. The van der Waals surface area contributed by atoms with Crippen LogP contribution in [0, 0.1) is 0 Å². The fourth-order valence-electron chi connectivity index (χ4n) is 5.02. The van der Waals surface area contributed by atoms with E-state index in [2.05, 4.69) is 19.3 Å². The van der Waals surface area contributed by atoms with E-state index in [4.69, 9.17) is 30.5 Å². The summed E-state index contributed by atoms with van der Waals surface area (Å²) in [5.41, 5.74) is 2.49. The van der Waals surface area contributed by atoms with Crippen molar-refractivity contribution < 1.29 is 33.1 Å². The second-order valence-corrected chi connectivity index (χ2v) is 12.7. The molecule has 1 unspecified atom stereocenters. The Labute approximate surface area is 224 Å². The molecule has 13 heteroatoms. The van der Waals surface area contributed by atoms with Gasteiger partial charge in [0, 0.05) is 35.8 Å². The third-order valence-electron chi connectivity index (χ3n) is 7.11. The number of hydrogen-bond acceptors (Lipinski definition) is 9. The Kier molecular flexibility index (Phi) is 6.87. The number of nitrogens with zero attached hydrogens (tertiary/aromatic N) is 3. The zero-order chi connectivity index (χ0) is 26.4. The van der Waals surface area contributed by atoms with Gasteiger partial charge in [-0.25, -0.2) is 9.19 Å². The molecule has 0 aliphatic carbocycles. The molecular formula is C25H27ClN4O7S. The number of rotatable bonds is 5. The first-order valence-electron chi connectivity index (χ1n) is 12.4. The zero-order valence-electron chi connectivity index (χ0n) is 20.5. The molecule has 0 spiro atoms. The van der Waals surface area contributed by atoms with Crippen molar-refractivity contribution in [1.29, 1.82) is 0 Å². The van der Waals surface area contributed by atoms with Gasteiger partial charge in [-0.3, -0.25) is 4.79 Å². The van der Waals surface area contributed by atoms with Crippen molar-refractivity contribution in [3.05, 3.63) is 40.9 Å². The first kappa shape index (κ1) is 25.7. The summed E-state index contributed by atoms with van der Waals surface area (Å²) >= 11 is 6.53. The number of nitrogens with one attached hydrogen (secondary N) is 1. The molecule has 6 rings (SSSR count). The molecular weight excluding hydrogens is 536 g/mol. The quantitative estimate of drug-likeness (QED) is 0.479. The van der Waals surface area contributed by atoms with Gasteiger partial charge < -0.3 is 29.0 Å². The highest BCUT2D eigenvalue weighted by atomic mass is 35.5. The number of H-pyrrole nitrogens is 1. The summed E-state index contributed by atoms with van der Waals surface area (Å²) in [6.07, 6.45) is 0.952. The van der Waals surface area contributed by atoms with Crippen molar-refractivity contribution in [3.8, 4) is 17.3 Å². The standard InChI is InChI=1S/C25H27ClN4O7S/c1-38(33,15-6-8-34-9-7-15)30-24(32)14-4-2-13(3-5-14)20-16(26)10-17-23(28-20)29-25(27-17)37-19-12-36-21-18(31)11-35-22(19)21/h2-5,10,15,18-19,21-22,31H,6-9,11-12H2,1H3,(H,27,28,29)/t18-,19-,21-,22-,38?/m1/s1. The van der Waals surface area contributed by atoms with Crippen LogP contribution in [-0.4, -0.2) is 92.5 Å². The molecule has 2 aromatic heterocycles. The van der Waals surface area contributed by atoms with Gasteiger partial charge in [0.2, 0.25) is 0 Å². The minimum Gasteiger partial charge on any atom is -0.456 e. The van der Waals surface area contributed by atoms with Gasteiger partial charge in [0.25, 0.3) is 11.9 Å². The molecule has 1 amide bonds. The highest BCUT2D eigenvalue weighted by Gasteiger charge is 2.48. The SMILES string of the molecule is CS(=O)(=NC(=O)c1ccc(-c2nc3nc(O[C@@H]4CO[C@H]5[C@@H]4OC[C@H]5O)[nH]c3cc2Cl)cc1)C1CCOCC1. The van der Waals surface area contributed by atoms with Crippen LogP contribution in [0.1, 0.15) is 23.2 Å². The van der Waals surface area contributed by atoms with Crippen LogP contribution in [0.25, 0.3) is 22.4 Å². The summed E-state index contributed by atoms with van der Waals surface area (Å²) in [7, 11) is -2.68. The van der Waals surface area contributed by atoms with E-state index in [1.807, 2.05) is 0 Å². The van der Waals surface area contributed by atoms with Gasteiger partial charge in [-0.1, -0.05) is 23.7 Å². The number of carbonyl (C=O) groups is 1. The molecule has 202 valence electrons. The molecule has 11 nitrogen and oxygen atoms in total. The Hall–Kier alpha value is -2.61. The number of halogens is 1. The van der Waals surface area contributed by atoms with Crippen LogP contribution in [0.5, 0.6) is 6.01 Å². The first-order valence-corrected chi connectivity index (χ1v) is 14.7. The summed E-state index contributed by atoms with van der Waals surface area (Å²) in [4.78, 5) is 24.8. The van der Waals surface area contributed by atoms with E-state index < -0.39 is 33.9 Å². The van der Waals surface area contributed by atoms with Gasteiger partial charge in [0.1, 0.15) is 18.3 Å². The van der Waals surface area contributed by atoms with Gasteiger partial charge in [-0.05, 0) is 31.0 Å². The zero-order valence-corrected chi connectivity index (χ0v) is 22.1. The van der Waals surface area contributed by atoms with Gasteiger partial charge in [-0.2, -0.15) is 9.35 Å². The van der Waals surface area contributed by atoms with Crippen LogP contribution in [0.2, 0.25) is 5.02 Å². The molecule has 3 saturated heterocycles. The fourth-order valence-corrected chi connectivity index (χ4v) is 6.93. The Bertz CT molecular complexity index is 1480. The van der Waals surface area contributed by atoms with E-state index in [-0.39, 0.29) is 30.6 Å². The normalized spacial score (nSPS) is 27.2. The fraction of sp³-hybridized carbons (Fsp3) is 0.480. The number of imidazole rings is 1. The van der Waals surface area contributed by atoms with Crippen LogP contribution in [0.3, 0.4) is 0 Å². The summed E-state index contributed by atoms with van der Waals surface area (Å²) in [5, 5.41) is 10.2. The average Bonchev–Trinajstić information content (AvgIpc) is 3.60. The molecule has 0 radical (unpaired) electrons. The molecule has 3 aromatic rings. The van der Waals surface area contributed by atoms with Gasteiger partial charge in [-0.15, -0.1) is 0 Å². The molecule has 3 aliphatic rings. The lowest BCUT2D eigenvalue weighted by Crippen LogP contribution is -2.34.